The van der Waals surface area contributed by atoms with Crippen molar-refractivity contribution in [3.05, 3.63) is 56.5 Å². The number of fused-ring (bicyclic) bond motifs is 1. The summed E-state index contributed by atoms with van der Waals surface area (Å²) in [4.78, 5) is 0. The van der Waals surface area contributed by atoms with Gasteiger partial charge in [0, 0.05) is 14.5 Å². The van der Waals surface area contributed by atoms with Crippen LogP contribution in [0.15, 0.2) is 45.3 Å². The Balaban J connectivity index is 1.96. The van der Waals surface area contributed by atoms with Gasteiger partial charge in [0.2, 0.25) is 0 Å². The molecule has 2 aromatic carbocycles. The van der Waals surface area contributed by atoms with E-state index in [1.165, 1.54) is 11.1 Å². The van der Waals surface area contributed by atoms with Crippen LogP contribution in [0.4, 0.5) is 5.69 Å². The second-order valence-corrected chi connectivity index (χ2v) is 7.08. The van der Waals surface area contributed by atoms with Gasteiger partial charge in [-0.05, 0) is 59.5 Å². The fourth-order valence-electron chi connectivity index (χ4n) is 2.71. The van der Waals surface area contributed by atoms with Crippen molar-refractivity contribution in [3.8, 4) is 5.75 Å². The molecule has 1 heterocycles. The van der Waals surface area contributed by atoms with E-state index in [-0.39, 0.29) is 6.04 Å². The van der Waals surface area contributed by atoms with Gasteiger partial charge in [-0.2, -0.15) is 0 Å². The number of anilines is 1. The predicted octanol–water partition coefficient (Wildman–Crippen LogP) is 5.85. The maximum Gasteiger partial charge on any atom is 0.127 e. The number of rotatable bonds is 2. The van der Waals surface area contributed by atoms with Crippen LogP contribution < -0.4 is 10.1 Å². The molecule has 1 atom stereocenters. The van der Waals surface area contributed by atoms with Crippen molar-refractivity contribution in [3.63, 3.8) is 0 Å². The van der Waals surface area contributed by atoms with Crippen LogP contribution in [0.25, 0.3) is 0 Å². The van der Waals surface area contributed by atoms with Crippen molar-refractivity contribution in [1.29, 1.82) is 0 Å². The van der Waals surface area contributed by atoms with Gasteiger partial charge >= 0.3 is 0 Å². The summed E-state index contributed by atoms with van der Waals surface area (Å²) in [7, 11) is 0. The maximum absolute atomic E-state index is 5.94. The first-order valence-corrected chi connectivity index (χ1v) is 8.67. The highest BCUT2D eigenvalue weighted by Crippen LogP contribution is 2.37. The van der Waals surface area contributed by atoms with E-state index in [9.17, 15) is 0 Å². The molecule has 0 amide bonds. The van der Waals surface area contributed by atoms with Crippen molar-refractivity contribution in [2.24, 2.45) is 0 Å². The Bertz CT molecular complexity index is 657. The molecule has 2 nitrogen and oxygen atoms in total. The zero-order valence-electron chi connectivity index (χ0n) is 11.8. The van der Waals surface area contributed by atoms with Gasteiger partial charge in [-0.25, -0.2) is 0 Å². The molecule has 0 saturated carbocycles. The van der Waals surface area contributed by atoms with Crippen LogP contribution in [-0.4, -0.2) is 6.61 Å². The molecule has 0 fully saturated rings. The van der Waals surface area contributed by atoms with Crippen molar-refractivity contribution in [1.82, 2.24) is 0 Å². The highest BCUT2D eigenvalue weighted by molar-refractivity contribution is 9.11. The number of para-hydroxylation sites is 1. The lowest BCUT2D eigenvalue weighted by molar-refractivity contribution is 0.314. The first-order valence-electron chi connectivity index (χ1n) is 7.09. The smallest absolute Gasteiger partial charge is 0.127 e. The van der Waals surface area contributed by atoms with E-state index in [2.05, 4.69) is 74.4 Å². The average molecular weight is 411 g/mol. The van der Waals surface area contributed by atoms with Crippen molar-refractivity contribution >= 4 is 37.5 Å². The molecule has 110 valence electrons. The van der Waals surface area contributed by atoms with E-state index >= 15 is 0 Å². The van der Waals surface area contributed by atoms with E-state index in [0.29, 0.717) is 0 Å². The Labute approximate surface area is 142 Å². The molecule has 0 radical (unpaired) electrons. The topological polar surface area (TPSA) is 21.3 Å². The first-order chi connectivity index (χ1) is 10.1. The quantitative estimate of drug-likeness (QED) is 0.670. The highest BCUT2D eigenvalue weighted by Gasteiger charge is 2.21. The number of hydrogen-bond acceptors (Lipinski definition) is 2. The van der Waals surface area contributed by atoms with E-state index in [1.54, 1.807) is 0 Å². The second-order valence-electron chi connectivity index (χ2n) is 5.31. The van der Waals surface area contributed by atoms with E-state index in [1.807, 2.05) is 6.07 Å². The summed E-state index contributed by atoms with van der Waals surface area (Å²) >= 11 is 7.15. The fraction of sp³-hybridized carbons (Fsp3) is 0.294. The van der Waals surface area contributed by atoms with Gasteiger partial charge in [0.05, 0.1) is 18.3 Å². The van der Waals surface area contributed by atoms with Crippen molar-refractivity contribution in [2.75, 3.05) is 11.9 Å². The number of aryl methyl sites for hydroxylation is 1. The normalized spacial score (nSPS) is 17.6. The van der Waals surface area contributed by atoms with Gasteiger partial charge < -0.3 is 10.1 Å². The Morgan fingerprint density at radius 3 is 2.90 bits per heavy atom. The summed E-state index contributed by atoms with van der Waals surface area (Å²) in [5.41, 5.74) is 3.55. The van der Waals surface area contributed by atoms with E-state index < -0.39 is 0 Å². The van der Waals surface area contributed by atoms with Crippen LogP contribution >= 0.6 is 31.9 Å². The van der Waals surface area contributed by atoms with Crippen LogP contribution in [0.3, 0.4) is 0 Å². The molecule has 1 aliphatic heterocycles. The monoisotopic (exact) mass is 409 g/mol. The Kier molecular flexibility index (Phi) is 4.55. The molecule has 2 aromatic rings. The third kappa shape index (κ3) is 3.27. The zero-order chi connectivity index (χ0) is 14.8. The van der Waals surface area contributed by atoms with Gasteiger partial charge in [-0.1, -0.05) is 34.1 Å². The summed E-state index contributed by atoms with van der Waals surface area (Å²) in [5, 5.41) is 3.66. The molecule has 1 N–H and O–H groups in total. The van der Waals surface area contributed by atoms with Crippen molar-refractivity contribution < 1.29 is 4.74 Å². The lowest BCUT2D eigenvalue weighted by Gasteiger charge is -2.21. The summed E-state index contributed by atoms with van der Waals surface area (Å²) in [6.45, 7) is 2.89. The SMILES string of the molecule is Cc1cccc2c1OCCCC2Nc1cc(Br)ccc1Br. The standard InChI is InChI=1S/C17H17Br2NO/c1-11-4-2-5-13-15(6-3-9-21-17(11)13)20-16-10-12(18)7-8-14(16)19/h2,4-5,7-8,10,15,20H,3,6,9H2,1H3. The Morgan fingerprint density at radius 1 is 1.19 bits per heavy atom. The van der Waals surface area contributed by atoms with Crippen LogP contribution in [0.5, 0.6) is 5.75 Å². The zero-order valence-corrected chi connectivity index (χ0v) is 15.0. The maximum atomic E-state index is 5.94. The summed E-state index contributed by atoms with van der Waals surface area (Å²) in [5.74, 6) is 1.04. The van der Waals surface area contributed by atoms with Gasteiger partial charge in [0.15, 0.2) is 0 Å². The summed E-state index contributed by atoms with van der Waals surface area (Å²) in [6.07, 6.45) is 2.12. The predicted molar refractivity (Wildman–Crippen MR) is 94.1 cm³/mol. The molecule has 0 saturated heterocycles. The molecular formula is C17H17Br2NO. The third-order valence-corrected chi connectivity index (χ3v) is 4.94. The third-order valence-electron chi connectivity index (χ3n) is 3.76. The molecule has 1 aliphatic rings. The Hall–Kier alpha value is -1.000. The number of benzene rings is 2. The second kappa shape index (κ2) is 6.41. The number of hydrogen-bond donors (Lipinski definition) is 1. The number of halogens is 2. The van der Waals surface area contributed by atoms with Gasteiger partial charge in [-0.3, -0.25) is 0 Å². The first kappa shape index (κ1) is 14.9. The molecule has 0 aromatic heterocycles. The molecule has 21 heavy (non-hydrogen) atoms. The lowest BCUT2D eigenvalue weighted by Crippen LogP contribution is -2.11. The van der Waals surface area contributed by atoms with E-state index in [4.69, 9.17) is 4.74 Å². The highest BCUT2D eigenvalue weighted by atomic mass is 79.9. The van der Waals surface area contributed by atoms with Crippen LogP contribution in [0, 0.1) is 6.92 Å². The molecular weight excluding hydrogens is 394 g/mol. The molecule has 0 bridgehead atoms. The minimum atomic E-state index is 0.271. The number of nitrogens with one attached hydrogen (secondary N) is 1. The van der Waals surface area contributed by atoms with Gasteiger partial charge in [0.1, 0.15) is 5.75 Å². The van der Waals surface area contributed by atoms with Gasteiger partial charge in [0.25, 0.3) is 0 Å². The lowest BCUT2D eigenvalue weighted by atomic mass is 9.99. The number of ether oxygens (including phenoxy) is 1. The molecule has 0 aliphatic carbocycles. The molecule has 3 rings (SSSR count). The van der Waals surface area contributed by atoms with Crippen LogP contribution in [-0.2, 0) is 0 Å². The average Bonchev–Trinajstić information content (AvgIpc) is 2.67. The minimum absolute atomic E-state index is 0.271. The largest absolute Gasteiger partial charge is 0.493 e. The molecule has 0 spiro atoms. The molecule has 1 unspecified atom stereocenters. The summed E-state index contributed by atoms with van der Waals surface area (Å²) < 4.78 is 8.09. The minimum Gasteiger partial charge on any atom is -0.493 e. The van der Waals surface area contributed by atoms with Crippen molar-refractivity contribution in [2.45, 2.75) is 25.8 Å². The van der Waals surface area contributed by atoms with Gasteiger partial charge in [-0.15, -0.1) is 0 Å². The fourth-order valence-corrected chi connectivity index (χ4v) is 3.43. The van der Waals surface area contributed by atoms with Crippen LogP contribution in [0.1, 0.15) is 30.0 Å². The molecule has 4 heteroatoms. The summed E-state index contributed by atoms with van der Waals surface area (Å²) in [6, 6.07) is 12.8. The van der Waals surface area contributed by atoms with E-state index in [0.717, 1.165) is 39.8 Å². The van der Waals surface area contributed by atoms with Crippen LogP contribution in [0.2, 0.25) is 0 Å². The Morgan fingerprint density at radius 2 is 2.05 bits per heavy atom.